The first kappa shape index (κ1) is 25.7. The van der Waals surface area contributed by atoms with Gasteiger partial charge in [0, 0.05) is 23.5 Å². The number of ether oxygens (including phenoxy) is 1. The van der Waals surface area contributed by atoms with E-state index in [4.69, 9.17) is 16.2 Å². The molecule has 1 aliphatic rings. The van der Waals surface area contributed by atoms with Crippen LogP contribution in [0.3, 0.4) is 0 Å². The summed E-state index contributed by atoms with van der Waals surface area (Å²) in [6, 6.07) is 24.4. The van der Waals surface area contributed by atoms with Gasteiger partial charge in [0.2, 0.25) is 0 Å². The van der Waals surface area contributed by atoms with Crippen molar-refractivity contribution in [3.63, 3.8) is 0 Å². The molecule has 0 unspecified atom stereocenters. The number of aromatic nitrogens is 1. The number of rotatable bonds is 4. The van der Waals surface area contributed by atoms with Crippen LogP contribution >= 0.6 is 11.3 Å². The summed E-state index contributed by atoms with van der Waals surface area (Å²) >= 11 is 1.29. The van der Waals surface area contributed by atoms with E-state index in [9.17, 15) is 9.59 Å². The number of carbonyl (C=O) groups is 2. The first-order chi connectivity index (χ1) is 17.9. The summed E-state index contributed by atoms with van der Waals surface area (Å²) in [5.74, 6) is -0.305. The minimum Gasteiger partial charge on any atom is -0.445 e. The van der Waals surface area contributed by atoms with Crippen molar-refractivity contribution >= 4 is 40.4 Å². The summed E-state index contributed by atoms with van der Waals surface area (Å²) in [5, 5.41) is 3.15. The van der Waals surface area contributed by atoms with Crippen molar-refractivity contribution in [2.45, 2.75) is 26.5 Å². The number of thiazole rings is 1. The summed E-state index contributed by atoms with van der Waals surface area (Å²) in [5.41, 5.74) is 16.2. The molecule has 0 aliphatic carbocycles. The SMILES string of the molecule is Cc1ccc(N)cc1.Nc1ccccc1NC(=O)c1nc2c(s1)CN(C(=O)OCc1ccccc1)CC2. The van der Waals surface area contributed by atoms with E-state index in [2.05, 4.69) is 10.3 Å². The predicted octanol–water partition coefficient (Wildman–Crippen LogP) is 5.25. The van der Waals surface area contributed by atoms with Gasteiger partial charge in [0.05, 0.1) is 23.6 Å². The summed E-state index contributed by atoms with van der Waals surface area (Å²) in [6.45, 7) is 3.18. The smallest absolute Gasteiger partial charge is 0.410 e. The molecule has 190 valence electrons. The highest BCUT2D eigenvalue weighted by atomic mass is 32.1. The molecular formula is C28H29N5O3S. The van der Waals surface area contributed by atoms with Crippen LogP contribution < -0.4 is 16.8 Å². The molecule has 0 bridgehead atoms. The lowest BCUT2D eigenvalue weighted by atomic mass is 10.2. The number of nitrogen functional groups attached to an aromatic ring is 2. The molecule has 0 spiro atoms. The number of aryl methyl sites for hydroxylation is 1. The molecular weight excluding hydrogens is 486 g/mol. The van der Waals surface area contributed by atoms with Gasteiger partial charge in [0.15, 0.2) is 5.01 Å². The van der Waals surface area contributed by atoms with E-state index >= 15 is 0 Å². The van der Waals surface area contributed by atoms with Gasteiger partial charge in [0.25, 0.3) is 5.91 Å². The average Bonchev–Trinajstić information content (AvgIpc) is 3.35. The number of nitrogens with two attached hydrogens (primary N) is 2. The number of benzene rings is 3. The Morgan fingerprint density at radius 2 is 1.70 bits per heavy atom. The van der Waals surface area contributed by atoms with Crippen LogP contribution in [-0.2, 0) is 24.3 Å². The fraction of sp³-hybridized carbons (Fsp3) is 0.179. The highest BCUT2D eigenvalue weighted by Crippen LogP contribution is 2.27. The highest BCUT2D eigenvalue weighted by molar-refractivity contribution is 7.13. The molecule has 0 saturated heterocycles. The molecule has 5 N–H and O–H groups in total. The van der Waals surface area contributed by atoms with Crippen LogP contribution in [0.2, 0.25) is 0 Å². The average molecular weight is 516 g/mol. The lowest BCUT2D eigenvalue weighted by Gasteiger charge is -2.25. The van der Waals surface area contributed by atoms with Gasteiger partial charge in [-0.1, -0.05) is 60.2 Å². The molecule has 2 amide bonds. The zero-order valence-corrected chi connectivity index (χ0v) is 21.3. The number of hydrogen-bond acceptors (Lipinski definition) is 7. The maximum atomic E-state index is 12.5. The lowest BCUT2D eigenvalue weighted by Crippen LogP contribution is -2.35. The van der Waals surface area contributed by atoms with Gasteiger partial charge >= 0.3 is 6.09 Å². The quantitative estimate of drug-likeness (QED) is 0.319. The normalized spacial score (nSPS) is 12.1. The molecule has 1 aliphatic heterocycles. The Morgan fingerprint density at radius 1 is 1.00 bits per heavy atom. The van der Waals surface area contributed by atoms with Crippen LogP contribution in [0.4, 0.5) is 21.9 Å². The minimum absolute atomic E-state index is 0.234. The first-order valence-electron chi connectivity index (χ1n) is 11.8. The van der Waals surface area contributed by atoms with E-state index in [1.54, 1.807) is 29.2 Å². The summed E-state index contributed by atoms with van der Waals surface area (Å²) < 4.78 is 5.41. The van der Waals surface area contributed by atoms with E-state index < -0.39 is 0 Å². The molecule has 37 heavy (non-hydrogen) atoms. The van der Waals surface area contributed by atoms with Crippen LogP contribution in [0, 0.1) is 6.92 Å². The molecule has 4 aromatic rings. The molecule has 1 aromatic heterocycles. The fourth-order valence-electron chi connectivity index (χ4n) is 3.61. The Bertz CT molecular complexity index is 1340. The lowest BCUT2D eigenvalue weighted by molar-refractivity contribution is 0.0920. The Hall–Kier alpha value is -4.37. The number of hydrogen-bond donors (Lipinski definition) is 3. The number of nitrogens with one attached hydrogen (secondary N) is 1. The van der Waals surface area contributed by atoms with Crippen LogP contribution in [-0.4, -0.2) is 28.4 Å². The van der Waals surface area contributed by atoms with E-state index in [1.165, 1.54) is 16.9 Å². The first-order valence-corrected chi connectivity index (χ1v) is 12.6. The number of carbonyl (C=O) groups excluding carboxylic acids is 2. The summed E-state index contributed by atoms with van der Waals surface area (Å²) in [4.78, 5) is 31.9. The van der Waals surface area contributed by atoms with E-state index in [0.717, 1.165) is 21.8 Å². The van der Waals surface area contributed by atoms with Gasteiger partial charge < -0.3 is 26.4 Å². The molecule has 5 rings (SSSR count). The molecule has 8 nitrogen and oxygen atoms in total. The van der Waals surface area contributed by atoms with Crippen molar-refractivity contribution < 1.29 is 14.3 Å². The maximum absolute atomic E-state index is 12.5. The van der Waals surface area contributed by atoms with Gasteiger partial charge in [-0.3, -0.25) is 4.79 Å². The Kier molecular flexibility index (Phi) is 8.37. The van der Waals surface area contributed by atoms with Crippen molar-refractivity contribution in [1.82, 2.24) is 9.88 Å². The van der Waals surface area contributed by atoms with Crippen LogP contribution in [0.1, 0.15) is 31.5 Å². The molecule has 3 aromatic carbocycles. The van der Waals surface area contributed by atoms with E-state index in [-0.39, 0.29) is 18.6 Å². The maximum Gasteiger partial charge on any atom is 0.410 e. The fourth-order valence-corrected chi connectivity index (χ4v) is 4.63. The Morgan fingerprint density at radius 3 is 2.41 bits per heavy atom. The van der Waals surface area contributed by atoms with E-state index in [0.29, 0.717) is 35.9 Å². The zero-order valence-electron chi connectivity index (χ0n) is 20.5. The van der Waals surface area contributed by atoms with Crippen LogP contribution in [0.15, 0.2) is 78.9 Å². The third kappa shape index (κ3) is 7.08. The monoisotopic (exact) mass is 515 g/mol. The molecule has 9 heteroatoms. The minimum atomic E-state index is -0.365. The molecule has 0 radical (unpaired) electrons. The van der Waals surface area contributed by atoms with Gasteiger partial charge in [-0.05, 0) is 36.8 Å². The second-order valence-corrected chi connectivity index (χ2v) is 9.64. The highest BCUT2D eigenvalue weighted by Gasteiger charge is 2.26. The van der Waals surface area contributed by atoms with Gasteiger partial charge in [-0.25, -0.2) is 9.78 Å². The van der Waals surface area contributed by atoms with Gasteiger partial charge in [-0.2, -0.15) is 0 Å². The van der Waals surface area contributed by atoms with Crippen LogP contribution in [0.5, 0.6) is 0 Å². The van der Waals surface area contributed by atoms with Crippen molar-refractivity contribution in [3.05, 3.63) is 106 Å². The van der Waals surface area contributed by atoms with Gasteiger partial charge in [-0.15, -0.1) is 11.3 Å². The van der Waals surface area contributed by atoms with E-state index in [1.807, 2.05) is 61.5 Å². The standard InChI is InChI=1S/C21H20N4O3S.C7H9N/c22-15-8-4-5-9-16(15)23-19(26)20-24-17-10-11-25(12-18(17)29-20)21(27)28-13-14-6-2-1-3-7-14;1-6-2-4-7(8)5-3-6/h1-9H,10-13,22H2,(H,23,26);2-5H,8H2,1H3. The Labute approximate surface area is 219 Å². The topological polar surface area (TPSA) is 124 Å². The van der Waals surface area contributed by atoms with Crippen LogP contribution in [0.25, 0.3) is 0 Å². The van der Waals surface area contributed by atoms with Crippen molar-refractivity contribution in [1.29, 1.82) is 0 Å². The molecule has 2 heterocycles. The zero-order chi connectivity index (χ0) is 26.2. The van der Waals surface area contributed by atoms with Gasteiger partial charge in [0.1, 0.15) is 6.61 Å². The van der Waals surface area contributed by atoms with Crippen molar-refractivity contribution in [3.8, 4) is 0 Å². The Balaban J connectivity index is 0.000000342. The summed E-state index contributed by atoms with van der Waals surface area (Å²) in [6.07, 6.45) is 0.225. The molecule has 0 fully saturated rings. The predicted molar refractivity (Wildman–Crippen MR) is 147 cm³/mol. The second kappa shape index (κ2) is 12.0. The second-order valence-electron chi connectivity index (χ2n) is 8.55. The summed E-state index contributed by atoms with van der Waals surface area (Å²) in [7, 11) is 0. The largest absolute Gasteiger partial charge is 0.445 e. The number of anilines is 3. The van der Waals surface area contributed by atoms with Crippen molar-refractivity contribution in [2.75, 3.05) is 23.3 Å². The number of nitrogens with zero attached hydrogens (tertiary/aromatic N) is 2. The number of amides is 2. The molecule has 0 saturated carbocycles. The third-order valence-electron chi connectivity index (χ3n) is 5.68. The third-order valence-corrected chi connectivity index (χ3v) is 6.76. The number of fused-ring (bicyclic) bond motifs is 1. The molecule has 0 atom stereocenters. The van der Waals surface area contributed by atoms with Crippen molar-refractivity contribution in [2.24, 2.45) is 0 Å². The number of para-hydroxylation sites is 2.